The molecule has 0 aliphatic carbocycles. The number of nitrogens with one attached hydrogen (secondary N) is 2. The maximum atomic E-state index is 11.5. The summed E-state index contributed by atoms with van der Waals surface area (Å²) in [7, 11) is 1.58. The maximum absolute atomic E-state index is 11.5. The number of hydrogen-bond acceptors (Lipinski definition) is 6. The minimum Gasteiger partial charge on any atom is -0.484 e. The van der Waals surface area contributed by atoms with Gasteiger partial charge in [0.15, 0.2) is 12.4 Å². The van der Waals surface area contributed by atoms with E-state index in [2.05, 4.69) is 27.8 Å². The number of amides is 1. The number of nitrogens with zero attached hydrogens (tertiary/aromatic N) is 3. The van der Waals surface area contributed by atoms with E-state index >= 15 is 0 Å². The molecular weight excluding hydrogens is 402 g/mol. The third kappa shape index (κ3) is 4.00. The van der Waals surface area contributed by atoms with Crippen LogP contribution >= 0.6 is 0 Å². The van der Waals surface area contributed by atoms with E-state index in [-0.39, 0.29) is 12.5 Å². The van der Waals surface area contributed by atoms with Gasteiger partial charge in [-0.2, -0.15) is 0 Å². The molecule has 0 saturated carbocycles. The lowest BCUT2D eigenvalue weighted by atomic mass is 10.1. The number of anilines is 2. The quantitative estimate of drug-likeness (QED) is 0.488. The molecule has 1 amide bonds. The third-order valence-corrected chi connectivity index (χ3v) is 5.24. The summed E-state index contributed by atoms with van der Waals surface area (Å²) in [4.78, 5) is 25.4. The Morgan fingerprint density at radius 3 is 2.84 bits per heavy atom. The standard InChI is InChI=1S/C25H21N5O2/c1-26-23(31)15-32-20-6-4-5-16(12-20)24-29-22-8-3-2-7-21(22)25(30-24)28-19-10-9-17-13-27-14-18(17)11-19/h2-12,14H,13,15H2,1H3,(H,26,31)(H,28,29,30). The highest BCUT2D eigenvalue weighted by atomic mass is 16.5. The lowest BCUT2D eigenvalue weighted by Gasteiger charge is -2.12. The van der Waals surface area contributed by atoms with Crippen LogP contribution in [0.3, 0.4) is 0 Å². The smallest absolute Gasteiger partial charge is 0.257 e. The molecule has 2 N–H and O–H groups in total. The molecule has 0 fully saturated rings. The van der Waals surface area contributed by atoms with Crippen molar-refractivity contribution in [2.45, 2.75) is 6.54 Å². The van der Waals surface area contributed by atoms with Crippen LogP contribution < -0.4 is 15.4 Å². The summed E-state index contributed by atoms with van der Waals surface area (Å²) in [5.74, 6) is 1.68. The Morgan fingerprint density at radius 1 is 1.03 bits per heavy atom. The van der Waals surface area contributed by atoms with Crippen molar-refractivity contribution in [1.29, 1.82) is 0 Å². The summed E-state index contributed by atoms with van der Waals surface area (Å²) in [5.41, 5.74) is 4.91. The first-order valence-electron chi connectivity index (χ1n) is 10.3. The molecule has 0 spiro atoms. The molecule has 0 atom stereocenters. The van der Waals surface area contributed by atoms with Crippen molar-refractivity contribution in [2.75, 3.05) is 19.0 Å². The number of aliphatic imine (C=N–C) groups is 1. The van der Waals surface area contributed by atoms with Gasteiger partial charge in [-0.25, -0.2) is 9.97 Å². The zero-order chi connectivity index (χ0) is 21.9. The molecule has 3 aromatic carbocycles. The fourth-order valence-corrected chi connectivity index (χ4v) is 3.56. The van der Waals surface area contributed by atoms with Crippen molar-refractivity contribution < 1.29 is 9.53 Å². The number of carbonyl (C=O) groups is 1. The Bertz CT molecular complexity index is 1350. The predicted molar refractivity (Wildman–Crippen MR) is 126 cm³/mol. The van der Waals surface area contributed by atoms with Crippen molar-refractivity contribution in [3.05, 3.63) is 77.9 Å². The van der Waals surface area contributed by atoms with Gasteiger partial charge in [-0.15, -0.1) is 0 Å². The summed E-state index contributed by atoms with van der Waals surface area (Å²) in [5, 5.41) is 6.92. The topological polar surface area (TPSA) is 88.5 Å². The fraction of sp³-hybridized carbons (Fsp3) is 0.120. The van der Waals surface area contributed by atoms with Crippen molar-refractivity contribution in [3.63, 3.8) is 0 Å². The molecule has 1 aromatic heterocycles. The van der Waals surface area contributed by atoms with Crippen LogP contribution in [0.15, 0.2) is 71.7 Å². The van der Waals surface area contributed by atoms with Gasteiger partial charge >= 0.3 is 0 Å². The van der Waals surface area contributed by atoms with Crippen LogP contribution in [0, 0.1) is 0 Å². The third-order valence-electron chi connectivity index (χ3n) is 5.24. The van der Waals surface area contributed by atoms with Crippen LogP contribution in [0.5, 0.6) is 5.75 Å². The zero-order valence-electron chi connectivity index (χ0n) is 17.5. The second kappa shape index (κ2) is 8.47. The number of benzene rings is 3. The molecule has 158 valence electrons. The summed E-state index contributed by atoms with van der Waals surface area (Å²) < 4.78 is 5.58. The highest BCUT2D eigenvalue weighted by Gasteiger charge is 2.12. The number of hydrogen-bond donors (Lipinski definition) is 2. The van der Waals surface area contributed by atoms with Crippen LogP contribution in [0.2, 0.25) is 0 Å². The molecule has 0 bridgehead atoms. The monoisotopic (exact) mass is 423 g/mol. The average molecular weight is 423 g/mol. The van der Waals surface area contributed by atoms with Crippen LogP contribution in [0.4, 0.5) is 11.5 Å². The summed E-state index contributed by atoms with van der Waals surface area (Å²) in [6, 6.07) is 21.5. The van der Waals surface area contributed by atoms with E-state index in [4.69, 9.17) is 14.7 Å². The number of fused-ring (bicyclic) bond motifs is 2. The largest absolute Gasteiger partial charge is 0.484 e. The van der Waals surface area contributed by atoms with Crippen molar-refractivity contribution in [1.82, 2.24) is 15.3 Å². The Labute approximate surface area is 185 Å². The zero-order valence-corrected chi connectivity index (χ0v) is 17.5. The van der Waals surface area contributed by atoms with Gasteiger partial charge in [0.25, 0.3) is 5.91 Å². The molecule has 0 unspecified atom stereocenters. The SMILES string of the molecule is CNC(=O)COc1cccc(-c2nc(Nc3ccc4c(c3)C=NC4)c3ccccc3n2)c1. The first-order chi connectivity index (χ1) is 15.7. The minimum absolute atomic E-state index is 0.0486. The van der Waals surface area contributed by atoms with E-state index in [0.29, 0.717) is 11.6 Å². The lowest BCUT2D eigenvalue weighted by molar-refractivity contribution is -0.122. The van der Waals surface area contributed by atoms with Crippen molar-refractivity contribution in [2.24, 2.45) is 4.99 Å². The van der Waals surface area contributed by atoms with Gasteiger partial charge < -0.3 is 15.4 Å². The van der Waals surface area contributed by atoms with E-state index in [1.165, 1.54) is 5.56 Å². The molecule has 2 heterocycles. The Balaban J connectivity index is 1.51. The molecule has 1 aliphatic rings. The second-order valence-electron chi connectivity index (χ2n) is 7.41. The maximum Gasteiger partial charge on any atom is 0.257 e. The Morgan fingerprint density at radius 2 is 1.94 bits per heavy atom. The number of likely N-dealkylation sites (N-methyl/N-ethyl adjacent to an activating group) is 1. The van der Waals surface area contributed by atoms with Crippen LogP contribution in [-0.2, 0) is 11.3 Å². The van der Waals surface area contributed by atoms with Gasteiger partial charge in [0.05, 0.1) is 12.1 Å². The van der Waals surface area contributed by atoms with E-state index in [0.717, 1.165) is 40.1 Å². The molecule has 32 heavy (non-hydrogen) atoms. The van der Waals surface area contributed by atoms with Gasteiger partial charge in [-0.05, 0) is 47.5 Å². The molecule has 0 saturated heterocycles. The van der Waals surface area contributed by atoms with Crippen molar-refractivity contribution in [3.8, 4) is 17.1 Å². The summed E-state index contributed by atoms with van der Waals surface area (Å²) >= 11 is 0. The van der Waals surface area contributed by atoms with Gasteiger partial charge in [0, 0.05) is 29.9 Å². The molecular formula is C25H21N5O2. The highest BCUT2D eigenvalue weighted by molar-refractivity contribution is 5.93. The van der Waals surface area contributed by atoms with Crippen molar-refractivity contribution >= 4 is 34.5 Å². The van der Waals surface area contributed by atoms with E-state index in [1.54, 1.807) is 13.1 Å². The van der Waals surface area contributed by atoms with E-state index < -0.39 is 0 Å². The number of aromatic nitrogens is 2. The molecule has 1 aliphatic heterocycles. The van der Waals surface area contributed by atoms with E-state index in [9.17, 15) is 4.79 Å². The second-order valence-corrected chi connectivity index (χ2v) is 7.41. The Hall–Kier alpha value is -4.26. The lowest BCUT2D eigenvalue weighted by Crippen LogP contribution is -2.24. The molecule has 4 aromatic rings. The molecule has 7 heteroatoms. The summed E-state index contributed by atoms with van der Waals surface area (Å²) in [6.07, 6.45) is 1.90. The predicted octanol–water partition coefficient (Wildman–Crippen LogP) is 4.10. The molecule has 0 radical (unpaired) electrons. The van der Waals surface area contributed by atoms with E-state index in [1.807, 2.05) is 54.7 Å². The van der Waals surface area contributed by atoms with Gasteiger partial charge in [-0.3, -0.25) is 9.79 Å². The summed E-state index contributed by atoms with van der Waals surface area (Å²) in [6.45, 7) is 0.682. The van der Waals surface area contributed by atoms with Gasteiger partial charge in [-0.1, -0.05) is 30.3 Å². The first-order valence-corrected chi connectivity index (χ1v) is 10.3. The first kappa shape index (κ1) is 19.7. The fourth-order valence-electron chi connectivity index (χ4n) is 3.56. The number of ether oxygens (including phenoxy) is 1. The minimum atomic E-state index is -0.191. The number of rotatable bonds is 6. The molecule has 5 rings (SSSR count). The van der Waals surface area contributed by atoms with Crippen LogP contribution in [0.25, 0.3) is 22.3 Å². The van der Waals surface area contributed by atoms with Gasteiger partial charge in [0.2, 0.25) is 0 Å². The van der Waals surface area contributed by atoms with Gasteiger partial charge in [0.1, 0.15) is 11.6 Å². The molecule has 7 nitrogen and oxygen atoms in total. The van der Waals surface area contributed by atoms with Crippen LogP contribution in [-0.4, -0.2) is 35.7 Å². The number of carbonyl (C=O) groups excluding carboxylic acids is 1. The number of para-hydroxylation sites is 1. The van der Waals surface area contributed by atoms with Crippen LogP contribution in [0.1, 0.15) is 11.1 Å². The normalized spacial score (nSPS) is 11.9. The highest BCUT2D eigenvalue weighted by Crippen LogP contribution is 2.29. The average Bonchev–Trinajstić information content (AvgIpc) is 3.30. The Kier molecular flexibility index (Phi) is 5.21.